The number of hydrogen-bond acceptors (Lipinski definition) is 4. The Kier molecular flexibility index (Phi) is 4.84. The molecule has 1 aromatic heterocycles. The van der Waals surface area contributed by atoms with Gasteiger partial charge in [-0.05, 0) is 20.8 Å². The second kappa shape index (κ2) is 5.95. The Labute approximate surface area is 111 Å². The Morgan fingerprint density at radius 3 is 2.50 bits per heavy atom. The monoisotopic (exact) mass is 269 g/mol. The zero-order valence-corrected chi connectivity index (χ0v) is 12.2. The van der Waals surface area contributed by atoms with Crippen molar-refractivity contribution < 1.29 is 9.59 Å². The van der Waals surface area contributed by atoms with E-state index >= 15 is 0 Å². The molecule has 0 aromatic carbocycles. The van der Waals surface area contributed by atoms with Crippen LogP contribution in [0.25, 0.3) is 0 Å². The zero-order valence-electron chi connectivity index (χ0n) is 11.4. The SMILES string of the molecule is CNC(=O)[C@@H](C)N(C)C(=O)Cc1sc(C)nc1C. The number of carbonyl (C=O) groups is 2. The fraction of sp³-hybridized carbons (Fsp3) is 0.583. The molecule has 0 aliphatic heterocycles. The van der Waals surface area contributed by atoms with Crippen LogP contribution in [0.5, 0.6) is 0 Å². The number of carbonyl (C=O) groups excluding carboxylic acids is 2. The summed E-state index contributed by atoms with van der Waals surface area (Å²) in [6, 6.07) is -0.461. The quantitative estimate of drug-likeness (QED) is 0.883. The zero-order chi connectivity index (χ0) is 13.9. The van der Waals surface area contributed by atoms with Gasteiger partial charge in [-0.25, -0.2) is 4.98 Å². The van der Waals surface area contributed by atoms with Crippen LogP contribution in [0, 0.1) is 13.8 Å². The maximum atomic E-state index is 12.1. The van der Waals surface area contributed by atoms with Crippen LogP contribution in [0.1, 0.15) is 22.5 Å². The van der Waals surface area contributed by atoms with E-state index in [9.17, 15) is 9.59 Å². The average molecular weight is 269 g/mol. The number of nitrogens with zero attached hydrogens (tertiary/aromatic N) is 2. The van der Waals surface area contributed by atoms with E-state index < -0.39 is 6.04 Å². The highest BCUT2D eigenvalue weighted by Gasteiger charge is 2.22. The fourth-order valence-electron chi connectivity index (χ4n) is 1.60. The topological polar surface area (TPSA) is 62.3 Å². The summed E-state index contributed by atoms with van der Waals surface area (Å²) in [6.45, 7) is 5.53. The summed E-state index contributed by atoms with van der Waals surface area (Å²) in [5.41, 5.74) is 0.895. The molecule has 0 aliphatic carbocycles. The summed E-state index contributed by atoms with van der Waals surface area (Å²) in [4.78, 5) is 30.2. The molecule has 0 spiro atoms. The van der Waals surface area contributed by atoms with Crippen LogP contribution in [0.2, 0.25) is 0 Å². The van der Waals surface area contributed by atoms with Crippen molar-refractivity contribution in [3.63, 3.8) is 0 Å². The van der Waals surface area contributed by atoms with E-state index in [0.717, 1.165) is 15.6 Å². The van der Waals surface area contributed by atoms with Gasteiger partial charge in [0.15, 0.2) is 0 Å². The Bertz CT molecular complexity index is 456. The Morgan fingerprint density at radius 1 is 1.44 bits per heavy atom. The maximum Gasteiger partial charge on any atom is 0.242 e. The van der Waals surface area contributed by atoms with Crippen LogP contribution in [0.15, 0.2) is 0 Å². The van der Waals surface area contributed by atoms with Gasteiger partial charge in [-0.15, -0.1) is 11.3 Å². The summed E-state index contributed by atoms with van der Waals surface area (Å²) in [5.74, 6) is -0.235. The largest absolute Gasteiger partial charge is 0.357 e. The van der Waals surface area contributed by atoms with Crippen molar-refractivity contribution >= 4 is 23.2 Å². The van der Waals surface area contributed by atoms with E-state index in [4.69, 9.17) is 0 Å². The van der Waals surface area contributed by atoms with Crippen molar-refractivity contribution in [3.8, 4) is 0 Å². The molecule has 1 aromatic rings. The van der Waals surface area contributed by atoms with Gasteiger partial charge in [0.1, 0.15) is 6.04 Å². The Hall–Kier alpha value is -1.43. The summed E-state index contributed by atoms with van der Waals surface area (Å²) in [7, 11) is 3.21. The summed E-state index contributed by atoms with van der Waals surface area (Å²) in [5, 5.41) is 3.49. The lowest BCUT2D eigenvalue weighted by atomic mass is 10.2. The first-order chi connectivity index (χ1) is 8.36. The molecule has 0 fully saturated rings. The van der Waals surface area contributed by atoms with Gasteiger partial charge in [0, 0.05) is 19.0 Å². The first kappa shape index (κ1) is 14.6. The minimum Gasteiger partial charge on any atom is -0.357 e. The highest BCUT2D eigenvalue weighted by atomic mass is 32.1. The number of thiazole rings is 1. The number of hydrogen-bond donors (Lipinski definition) is 1. The number of aryl methyl sites for hydroxylation is 2. The lowest BCUT2D eigenvalue weighted by molar-refractivity contribution is -0.137. The van der Waals surface area contributed by atoms with E-state index in [2.05, 4.69) is 10.3 Å². The number of rotatable bonds is 4. The smallest absolute Gasteiger partial charge is 0.242 e. The first-order valence-corrected chi connectivity index (χ1v) is 6.58. The van der Waals surface area contributed by atoms with Gasteiger partial charge in [-0.1, -0.05) is 0 Å². The van der Waals surface area contributed by atoms with Crippen LogP contribution in [0.3, 0.4) is 0 Å². The fourth-order valence-corrected chi connectivity index (χ4v) is 2.53. The predicted octanol–water partition coefficient (Wildman–Crippen LogP) is 0.895. The molecule has 1 heterocycles. The molecule has 0 radical (unpaired) electrons. The lowest BCUT2D eigenvalue weighted by Gasteiger charge is -2.23. The molecule has 2 amide bonds. The molecule has 6 heteroatoms. The van der Waals surface area contributed by atoms with Crippen LogP contribution < -0.4 is 5.32 Å². The minimum atomic E-state index is -0.461. The van der Waals surface area contributed by atoms with Crippen molar-refractivity contribution in [3.05, 3.63) is 15.6 Å². The highest BCUT2D eigenvalue weighted by Crippen LogP contribution is 2.18. The van der Waals surface area contributed by atoms with Crippen molar-refractivity contribution in [1.82, 2.24) is 15.2 Å². The highest BCUT2D eigenvalue weighted by molar-refractivity contribution is 7.11. The van der Waals surface area contributed by atoms with E-state index in [1.807, 2.05) is 13.8 Å². The lowest BCUT2D eigenvalue weighted by Crippen LogP contribution is -2.45. The molecule has 1 N–H and O–H groups in total. The molecular formula is C12H19N3O2S. The van der Waals surface area contributed by atoms with E-state index in [1.54, 1.807) is 21.0 Å². The Morgan fingerprint density at radius 2 is 2.06 bits per heavy atom. The molecule has 1 rings (SSSR count). The normalized spacial score (nSPS) is 12.1. The first-order valence-electron chi connectivity index (χ1n) is 5.77. The molecule has 0 unspecified atom stereocenters. The third-order valence-corrected chi connectivity index (χ3v) is 3.98. The van der Waals surface area contributed by atoms with Crippen molar-refractivity contribution in [1.29, 1.82) is 0 Å². The molecule has 0 aliphatic rings. The van der Waals surface area contributed by atoms with Gasteiger partial charge in [0.25, 0.3) is 0 Å². The summed E-state index contributed by atoms with van der Waals surface area (Å²) in [6.07, 6.45) is 0.301. The molecular weight excluding hydrogens is 250 g/mol. The minimum absolute atomic E-state index is 0.0714. The van der Waals surface area contributed by atoms with Crippen LogP contribution in [-0.4, -0.2) is 41.8 Å². The van der Waals surface area contributed by atoms with E-state index in [1.165, 1.54) is 16.2 Å². The van der Waals surface area contributed by atoms with Crippen LogP contribution >= 0.6 is 11.3 Å². The second-order valence-electron chi connectivity index (χ2n) is 4.21. The van der Waals surface area contributed by atoms with Gasteiger partial charge < -0.3 is 10.2 Å². The average Bonchev–Trinajstić information content (AvgIpc) is 2.64. The van der Waals surface area contributed by atoms with Crippen molar-refractivity contribution in [2.75, 3.05) is 14.1 Å². The standard InChI is InChI=1S/C12H19N3O2S/c1-7-10(18-9(3)14-7)6-11(16)15(5)8(2)12(17)13-4/h8H,6H2,1-5H3,(H,13,17)/t8-/m1/s1. The summed E-state index contributed by atoms with van der Waals surface area (Å²) < 4.78 is 0. The number of amides is 2. The van der Waals surface area contributed by atoms with Gasteiger partial charge in [-0.2, -0.15) is 0 Å². The summed E-state index contributed by atoms with van der Waals surface area (Å²) >= 11 is 1.53. The molecule has 18 heavy (non-hydrogen) atoms. The molecule has 0 saturated carbocycles. The molecule has 1 atom stereocenters. The molecule has 0 saturated heterocycles. The molecule has 5 nitrogen and oxygen atoms in total. The third kappa shape index (κ3) is 3.29. The van der Waals surface area contributed by atoms with Gasteiger partial charge in [-0.3, -0.25) is 9.59 Å². The third-order valence-electron chi connectivity index (χ3n) is 2.91. The maximum absolute atomic E-state index is 12.1. The van der Waals surface area contributed by atoms with Gasteiger partial charge in [0.05, 0.1) is 17.1 Å². The predicted molar refractivity (Wildman–Crippen MR) is 71.6 cm³/mol. The van der Waals surface area contributed by atoms with Crippen molar-refractivity contribution in [2.45, 2.75) is 33.2 Å². The second-order valence-corrected chi connectivity index (χ2v) is 5.50. The number of likely N-dealkylation sites (N-methyl/N-ethyl adjacent to an activating group) is 2. The van der Waals surface area contributed by atoms with Crippen LogP contribution in [0.4, 0.5) is 0 Å². The van der Waals surface area contributed by atoms with Crippen LogP contribution in [-0.2, 0) is 16.0 Å². The number of aromatic nitrogens is 1. The van der Waals surface area contributed by atoms with Gasteiger partial charge in [0.2, 0.25) is 11.8 Å². The van der Waals surface area contributed by atoms with Crippen molar-refractivity contribution in [2.24, 2.45) is 0 Å². The van der Waals surface area contributed by atoms with Gasteiger partial charge >= 0.3 is 0 Å². The number of nitrogens with one attached hydrogen (secondary N) is 1. The van der Waals surface area contributed by atoms with E-state index in [-0.39, 0.29) is 11.8 Å². The molecule has 100 valence electrons. The molecule has 0 bridgehead atoms. The Balaban J connectivity index is 2.71. The van der Waals surface area contributed by atoms with E-state index in [0.29, 0.717) is 6.42 Å².